The minimum absolute atomic E-state index is 0.133. The summed E-state index contributed by atoms with van der Waals surface area (Å²) in [5.74, 6) is 1.68. The van der Waals surface area contributed by atoms with E-state index in [4.69, 9.17) is 9.26 Å². The zero-order valence-corrected chi connectivity index (χ0v) is 16.3. The number of rotatable bonds is 5. The van der Waals surface area contributed by atoms with Crippen LogP contribution < -0.4 is 4.74 Å². The Balaban J connectivity index is 1.68. The minimum atomic E-state index is -0.133. The number of hydrogen-bond donors (Lipinski definition) is 0. The highest BCUT2D eigenvalue weighted by atomic mass is 79.9. The first kappa shape index (κ1) is 18.1. The van der Waals surface area contributed by atoms with Gasteiger partial charge in [0.05, 0.1) is 17.8 Å². The van der Waals surface area contributed by atoms with Crippen LogP contribution in [0.5, 0.6) is 11.6 Å². The van der Waals surface area contributed by atoms with Crippen LogP contribution in [0.25, 0.3) is 0 Å². The normalized spacial score (nSPS) is 10.6. The second-order valence-corrected chi connectivity index (χ2v) is 6.82. The molecule has 0 fully saturated rings. The van der Waals surface area contributed by atoms with E-state index in [9.17, 15) is 4.79 Å². The van der Waals surface area contributed by atoms with Crippen LogP contribution in [0.3, 0.4) is 0 Å². The third-order valence-electron chi connectivity index (χ3n) is 3.92. The molecule has 0 unspecified atom stereocenters. The molecule has 7 heteroatoms. The molecule has 0 bridgehead atoms. The standard InChI is InChI=1S/C19H18BrN3O3/c1-12-17(13(2)26-22-12)11-23(3)19(24)14-7-8-18(21-10-14)25-16-6-4-5-15(20)9-16/h4-10H,11H2,1-3H3. The van der Waals surface area contributed by atoms with Gasteiger partial charge in [-0.1, -0.05) is 27.2 Å². The van der Waals surface area contributed by atoms with E-state index < -0.39 is 0 Å². The van der Waals surface area contributed by atoms with Crippen molar-refractivity contribution in [3.05, 3.63) is 69.6 Å². The molecule has 3 aromatic rings. The lowest BCUT2D eigenvalue weighted by molar-refractivity contribution is 0.0784. The van der Waals surface area contributed by atoms with Gasteiger partial charge in [0.2, 0.25) is 5.88 Å². The van der Waals surface area contributed by atoms with Crippen LogP contribution in [0.1, 0.15) is 27.4 Å². The first-order valence-corrected chi connectivity index (χ1v) is 8.80. The van der Waals surface area contributed by atoms with Crippen LogP contribution in [0, 0.1) is 13.8 Å². The Labute approximate surface area is 159 Å². The molecule has 2 heterocycles. The molecule has 134 valence electrons. The van der Waals surface area contributed by atoms with Crippen LogP contribution in [0.2, 0.25) is 0 Å². The molecule has 1 aromatic carbocycles. The summed E-state index contributed by atoms with van der Waals surface area (Å²) in [6.45, 7) is 4.12. The molecule has 26 heavy (non-hydrogen) atoms. The molecule has 1 amide bonds. The van der Waals surface area contributed by atoms with Gasteiger partial charge in [-0.3, -0.25) is 4.79 Å². The van der Waals surface area contributed by atoms with Gasteiger partial charge >= 0.3 is 0 Å². The third-order valence-corrected chi connectivity index (χ3v) is 4.42. The van der Waals surface area contributed by atoms with Gasteiger partial charge in [-0.15, -0.1) is 0 Å². The highest BCUT2D eigenvalue weighted by Crippen LogP contribution is 2.23. The van der Waals surface area contributed by atoms with Crippen molar-refractivity contribution >= 4 is 21.8 Å². The highest BCUT2D eigenvalue weighted by molar-refractivity contribution is 9.10. The van der Waals surface area contributed by atoms with Gasteiger partial charge in [-0.25, -0.2) is 4.98 Å². The number of carbonyl (C=O) groups excluding carboxylic acids is 1. The average Bonchev–Trinajstić information content (AvgIpc) is 2.94. The predicted molar refractivity (Wildman–Crippen MR) is 100 cm³/mol. The lowest BCUT2D eigenvalue weighted by Crippen LogP contribution is -2.26. The van der Waals surface area contributed by atoms with Crippen LogP contribution in [0.15, 0.2) is 51.6 Å². The summed E-state index contributed by atoms with van der Waals surface area (Å²) in [4.78, 5) is 18.4. The van der Waals surface area contributed by atoms with Crippen molar-refractivity contribution in [1.29, 1.82) is 0 Å². The first-order chi connectivity index (χ1) is 12.4. The van der Waals surface area contributed by atoms with Crippen molar-refractivity contribution in [2.24, 2.45) is 0 Å². The Morgan fingerprint density at radius 2 is 2.08 bits per heavy atom. The van der Waals surface area contributed by atoms with E-state index in [-0.39, 0.29) is 5.91 Å². The van der Waals surface area contributed by atoms with Gasteiger partial charge in [0.1, 0.15) is 11.5 Å². The second kappa shape index (κ2) is 7.70. The summed E-state index contributed by atoms with van der Waals surface area (Å²) in [7, 11) is 1.74. The molecule has 0 aliphatic carbocycles. The summed E-state index contributed by atoms with van der Waals surface area (Å²) in [6, 6.07) is 10.9. The lowest BCUT2D eigenvalue weighted by atomic mass is 10.2. The molecule has 2 aromatic heterocycles. The van der Waals surface area contributed by atoms with Gasteiger partial charge in [0, 0.05) is 29.3 Å². The molecular weight excluding hydrogens is 398 g/mol. The van der Waals surface area contributed by atoms with E-state index in [1.54, 1.807) is 24.1 Å². The van der Waals surface area contributed by atoms with Crippen molar-refractivity contribution in [1.82, 2.24) is 15.0 Å². The monoisotopic (exact) mass is 415 g/mol. The molecular formula is C19H18BrN3O3. The van der Waals surface area contributed by atoms with Crippen molar-refractivity contribution < 1.29 is 14.1 Å². The van der Waals surface area contributed by atoms with Gasteiger partial charge in [-0.05, 0) is 38.1 Å². The number of aryl methyl sites for hydroxylation is 2. The van der Waals surface area contributed by atoms with Crippen molar-refractivity contribution in [2.45, 2.75) is 20.4 Å². The van der Waals surface area contributed by atoms with E-state index in [1.165, 1.54) is 6.20 Å². The van der Waals surface area contributed by atoms with Crippen molar-refractivity contribution in [3.63, 3.8) is 0 Å². The van der Waals surface area contributed by atoms with Crippen LogP contribution in [-0.4, -0.2) is 28.0 Å². The fourth-order valence-corrected chi connectivity index (χ4v) is 2.85. The van der Waals surface area contributed by atoms with Crippen LogP contribution in [-0.2, 0) is 6.54 Å². The number of hydrogen-bond acceptors (Lipinski definition) is 5. The molecule has 0 atom stereocenters. The van der Waals surface area contributed by atoms with Gasteiger partial charge in [0.25, 0.3) is 5.91 Å². The molecule has 6 nitrogen and oxygen atoms in total. The van der Waals surface area contributed by atoms with E-state index in [0.717, 1.165) is 21.5 Å². The lowest BCUT2D eigenvalue weighted by Gasteiger charge is -2.17. The summed E-state index contributed by atoms with van der Waals surface area (Å²) < 4.78 is 11.7. The molecule has 0 saturated heterocycles. The Morgan fingerprint density at radius 3 is 2.69 bits per heavy atom. The summed E-state index contributed by atoms with van der Waals surface area (Å²) in [5, 5.41) is 3.91. The third kappa shape index (κ3) is 4.11. The molecule has 0 aliphatic heterocycles. The van der Waals surface area contributed by atoms with Gasteiger partial charge in [0.15, 0.2) is 0 Å². The maximum absolute atomic E-state index is 12.6. The quantitative estimate of drug-likeness (QED) is 0.612. The Kier molecular flexibility index (Phi) is 5.37. The average molecular weight is 416 g/mol. The van der Waals surface area contributed by atoms with Crippen LogP contribution >= 0.6 is 15.9 Å². The maximum Gasteiger partial charge on any atom is 0.255 e. The zero-order chi connectivity index (χ0) is 18.7. The number of carbonyl (C=O) groups is 1. The first-order valence-electron chi connectivity index (χ1n) is 8.00. The zero-order valence-electron chi connectivity index (χ0n) is 14.7. The molecule has 0 aliphatic rings. The molecule has 0 N–H and O–H groups in total. The molecule has 0 radical (unpaired) electrons. The minimum Gasteiger partial charge on any atom is -0.439 e. The van der Waals surface area contributed by atoms with Gasteiger partial charge in [-0.2, -0.15) is 0 Å². The van der Waals surface area contributed by atoms with Gasteiger partial charge < -0.3 is 14.2 Å². The van der Waals surface area contributed by atoms with E-state index in [2.05, 4.69) is 26.1 Å². The summed E-state index contributed by atoms with van der Waals surface area (Å²) >= 11 is 3.39. The molecule has 3 rings (SSSR count). The number of amides is 1. The smallest absolute Gasteiger partial charge is 0.255 e. The Bertz CT molecular complexity index is 903. The van der Waals surface area contributed by atoms with E-state index >= 15 is 0 Å². The summed E-state index contributed by atoms with van der Waals surface area (Å²) in [5.41, 5.74) is 2.20. The summed E-state index contributed by atoms with van der Waals surface area (Å²) in [6.07, 6.45) is 1.51. The number of benzene rings is 1. The largest absolute Gasteiger partial charge is 0.439 e. The number of pyridine rings is 1. The Morgan fingerprint density at radius 1 is 1.27 bits per heavy atom. The van der Waals surface area contributed by atoms with Crippen LogP contribution in [0.4, 0.5) is 0 Å². The van der Waals surface area contributed by atoms with E-state index in [0.29, 0.717) is 23.7 Å². The topological polar surface area (TPSA) is 68.5 Å². The van der Waals surface area contributed by atoms with Crippen molar-refractivity contribution in [2.75, 3.05) is 7.05 Å². The predicted octanol–water partition coefficient (Wildman–Crippen LogP) is 4.51. The molecule has 0 saturated carbocycles. The number of halogens is 1. The number of nitrogens with zero attached hydrogens (tertiary/aromatic N) is 3. The van der Waals surface area contributed by atoms with Crippen molar-refractivity contribution in [3.8, 4) is 11.6 Å². The second-order valence-electron chi connectivity index (χ2n) is 5.91. The number of aromatic nitrogens is 2. The Hall–Kier alpha value is -2.67. The SMILES string of the molecule is Cc1noc(C)c1CN(C)C(=O)c1ccc(Oc2cccc(Br)c2)nc1. The van der Waals surface area contributed by atoms with E-state index in [1.807, 2.05) is 38.1 Å². The molecule has 0 spiro atoms. The number of ether oxygens (including phenoxy) is 1. The highest BCUT2D eigenvalue weighted by Gasteiger charge is 2.17. The fourth-order valence-electron chi connectivity index (χ4n) is 2.48. The maximum atomic E-state index is 12.6. The fraction of sp³-hybridized carbons (Fsp3) is 0.211.